The fourth-order valence-electron chi connectivity index (χ4n) is 0.825. The molecule has 0 aromatic heterocycles. The molecule has 0 aliphatic heterocycles. The fourth-order valence-corrected chi connectivity index (χ4v) is 0.825. The molecule has 0 radical (unpaired) electrons. The van der Waals surface area contributed by atoms with Gasteiger partial charge in [0.1, 0.15) is 6.07 Å². The zero-order chi connectivity index (χ0) is 10.4. The van der Waals surface area contributed by atoms with Crippen LogP contribution < -0.4 is 0 Å². The summed E-state index contributed by atoms with van der Waals surface area (Å²) in [6.45, 7) is 1.81. The van der Waals surface area contributed by atoms with Crippen molar-refractivity contribution in [2.24, 2.45) is 5.92 Å². The van der Waals surface area contributed by atoms with Crippen molar-refractivity contribution >= 4 is 5.97 Å². The Hall–Kier alpha value is -1.78. The van der Waals surface area contributed by atoms with Crippen molar-refractivity contribution in [3.8, 4) is 6.07 Å². The highest BCUT2D eigenvalue weighted by atomic mass is 16.5. The molecule has 0 unspecified atom stereocenters. The lowest BCUT2D eigenvalue weighted by molar-refractivity contribution is -0.140. The van der Waals surface area contributed by atoms with Crippen LogP contribution in [0.2, 0.25) is 0 Å². The van der Waals surface area contributed by atoms with E-state index in [0.717, 1.165) is 12.8 Å². The van der Waals surface area contributed by atoms with E-state index in [0.29, 0.717) is 0 Å². The van der Waals surface area contributed by atoms with Gasteiger partial charge in [-0.15, -0.1) is 5.73 Å². The standard InChI is InChI=1S/C11H11NO2/c1-2-3-4-5-10(8-12)14-11(13)9-6-7-9/h2,4-5,9H,6-7H2,1H3/b10-5+. The molecule has 72 valence electrons. The van der Waals surface area contributed by atoms with Crippen LogP contribution >= 0.6 is 0 Å². The van der Waals surface area contributed by atoms with Gasteiger partial charge in [-0.1, -0.05) is 0 Å². The molecule has 1 aliphatic carbocycles. The van der Waals surface area contributed by atoms with E-state index in [9.17, 15) is 4.79 Å². The third kappa shape index (κ3) is 3.30. The lowest BCUT2D eigenvalue weighted by Gasteiger charge is -1.98. The van der Waals surface area contributed by atoms with Gasteiger partial charge in [-0.25, -0.2) is 0 Å². The molecule has 3 nitrogen and oxygen atoms in total. The van der Waals surface area contributed by atoms with Crippen LogP contribution in [0.3, 0.4) is 0 Å². The topological polar surface area (TPSA) is 50.1 Å². The summed E-state index contributed by atoms with van der Waals surface area (Å²) in [6, 6.07) is 1.81. The quantitative estimate of drug-likeness (QED) is 0.224. The number of hydrogen-bond acceptors (Lipinski definition) is 3. The number of carbonyl (C=O) groups excluding carboxylic acids is 1. The SMILES string of the molecule is CC=C=C/C=C(\C#N)OC(=O)C1CC1. The molecule has 0 bridgehead atoms. The van der Waals surface area contributed by atoms with Gasteiger partial charge in [-0.2, -0.15) is 5.26 Å². The summed E-state index contributed by atoms with van der Waals surface area (Å²) in [6.07, 6.45) is 6.43. The highest BCUT2D eigenvalue weighted by Gasteiger charge is 2.31. The molecule has 1 fully saturated rings. The lowest BCUT2D eigenvalue weighted by Crippen LogP contribution is -2.05. The summed E-state index contributed by atoms with van der Waals surface area (Å²) >= 11 is 0. The molecular formula is C11H11NO2. The number of ether oxygens (including phenoxy) is 1. The molecule has 0 aromatic carbocycles. The van der Waals surface area contributed by atoms with E-state index in [1.807, 2.05) is 13.0 Å². The van der Waals surface area contributed by atoms with Gasteiger partial charge in [0.2, 0.25) is 5.76 Å². The zero-order valence-corrected chi connectivity index (χ0v) is 7.99. The molecule has 3 heteroatoms. The van der Waals surface area contributed by atoms with E-state index in [4.69, 9.17) is 10.00 Å². The van der Waals surface area contributed by atoms with Gasteiger partial charge >= 0.3 is 5.97 Å². The van der Waals surface area contributed by atoms with Crippen LogP contribution in [0, 0.1) is 17.2 Å². The van der Waals surface area contributed by atoms with Crippen LogP contribution in [0.5, 0.6) is 0 Å². The van der Waals surface area contributed by atoms with Gasteiger partial charge in [0, 0.05) is 0 Å². The number of nitriles is 1. The number of carbonyl (C=O) groups is 1. The summed E-state index contributed by atoms with van der Waals surface area (Å²) in [5, 5.41) is 8.62. The predicted octanol–water partition coefficient (Wildman–Crippen LogP) is 2.08. The van der Waals surface area contributed by atoms with Crippen LogP contribution in [0.15, 0.2) is 29.7 Å². The summed E-state index contributed by atoms with van der Waals surface area (Å²) in [4.78, 5) is 11.2. The molecule has 0 saturated heterocycles. The van der Waals surface area contributed by atoms with Crippen LogP contribution in [0.1, 0.15) is 19.8 Å². The number of hydrogen-bond donors (Lipinski definition) is 0. The second kappa shape index (κ2) is 5.06. The summed E-state index contributed by atoms with van der Waals surface area (Å²) in [7, 11) is 0. The first-order chi connectivity index (χ1) is 6.77. The molecule has 1 aliphatic rings. The summed E-state index contributed by atoms with van der Waals surface area (Å²) in [5.74, 6) is -0.264. The van der Waals surface area contributed by atoms with Crippen molar-refractivity contribution in [1.29, 1.82) is 5.26 Å². The molecule has 1 rings (SSSR count). The van der Waals surface area contributed by atoms with E-state index in [1.54, 1.807) is 12.2 Å². The molecule has 0 heterocycles. The molecule has 0 aromatic rings. The summed E-state index contributed by atoms with van der Waals surface area (Å²) in [5.41, 5.74) is 2.76. The van der Waals surface area contributed by atoms with Crippen molar-refractivity contribution in [3.05, 3.63) is 29.7 Å². The average molecular weight is 189 g/mol. The normalized spacial score (nSPS) is 15.0. The monoisotopic (exact) mass is 189 g/mol. The maximum Gasteiger partial charge on any atom is 0.315 e. The van der Waals surface area contributed by atoms with E-state index < -0.39 is 0 Å². The molecule has 0 spiro atoms. The Kier molecular flexibility index (Phi) is 3.72. The van der Waals surface area contributed by atoms with Crippen molar-refractivity contribution < 1.29 is 9.53 Å². The minimum absolute atomic E-state index is 0.0115. The number of nitrogens with zero attached hydrogens (tertiary/aromatic N) is 1. The van der Waals surface area contributed by atoms with E-state index in [2.05, 4.69) is 5.73 Å². The first kappa shape index (κ1) is 10.3. The van der Waals surface area contributed by atoms with Gasteiger partial charge in [0.05, 0.1) is 5.92 Å². The van der Waals surface area contributed by atoms with Crippen LogP contribution in [-0.2, 0) is 9.53 Å². The fraction of sp³-hybridized carbons (Fsp3) is 0.364. The Bertz CT molecular complexity index is 350. The number of allylic oxidation sites excluding steroid dienone is 3. The first-order valence-corrected chi connectivity index (χ1v) is 4.47. The number of rotatable bonds is 3. The smallest absolute Gasteiger partial charge is 0.315 e. The lowest BCUT2D eigenvalue weighted by atomic mass is 10.4. The maximum absolute atomic E-state index is 11.2. The van der Waals surface area contributed by atoms with E-state index in [1.165, 1.54) is 6.08 Å². The minimum atomic E-state index is -0.299. The molecule has 1 saturated carbocycles. The van der Waals surface area contributed by atoms with Crippen molar-refractivity contribution in [2.45, 2.75) is 19.8 Å². The zero-order valence-electron chi connectivity index (χ0n) is 7.99. The Morgan fingerprint density at radius 3 is 2.79 bits per heavy atom. The average Bonchev–Trinajstić information content (AvgIpc) is 2.99. The number of esters is 1. The van der Waals surface area contributed by atoms with Crippen LogP contribution in [-0.4, -0.2) is 5.97 Å². The summed E-state index contributed by atoms with van der Waals surface area (Å²) < 4.78 is 4.85. The second-order valence-corrected chi connectivity index (χ2v) is 2.96. The Balaban J connectivity index is 2.54. The Morgan fingerprint density at radius 1 is 1.57 bits per heavy atom. The van der Waals surface area contributed by atoms with Crippen LogP contribution in [0.4, 0.5) is 0 Å². The molecule has 0 atom stereocenters. The van der Waals surface area contributed by atoms with E-state index >= 15 is 0 Å². The van der Waals surface area contributed by atoms with Crippen molar-refractivity contribution in [2.75, 3.05) is 0 Å². The van der Waals surface area contributed by atoms with Gasteiger partial charge in [-0.05, 0) is 38.0 Å². The maximum atomic E-state index is 11.2. The van der Waals surface area contributed by atoms with Crippen molar-refractivity contribution in [3.63, 3.8) is 0 Å². The highest BCUT2D eigenvalue weighted by Crippen LogP contribution is 2.30. The minimum Gasteiger partial charge on any atom is -0.415 e. The van der Waals surface area contributed by atoms with Crippen LogP contribution in [0.25, 0.3) is 0 Å². The van der Waals surface area contributed by atoms with Gasteiger partial charge in [0.15, 0.2) is 0 Å². The second-order valence-electron chi connectivity index (χ2n) is 2.96. The van der Waals surface area contributed by atoms with Gasteiger partial charge in [0.25, 0.3) is 0 Å². The van der Waals surface area contributed by atoms with Gasteiger partial charge < -0.3 is 4.74 Å². The molecular weight excluding hydrogens is 178 g/mol. The third-order valence-electron chi connectivity index (χ3n) is 1.73. The Morgan fingerprint density at radius 2 is 2.29 bits per heavy atom. The first-order valence-electron chi connectivity index (χ1n) is 4.47. The third-order valence-corrected chi connectivity index (χ3v) is 1.73. The van der Waals surface area contributed by atoms with Gasteiger partial charge in [-0.3, -0.25) is 4.79 Å². The molecule has 0 N–H and O–H groups in total. The molecule has 14 heavy (non-hydrogen) atoms. The van der Waals surface area contributed by atoms with E-state index in [-0.39, 0.29) is 17.6 Å². The highest BCUT2D eigenvalue weighted by molar-refractivity contribution is 5.76. The largest absolute Gasteiger partial charge is 0.415 e. The Labute approximate surface area is 83.0 Å². The molecule has 0 amide bonds. The van der Waals surface area contributed by atoms with Crippen molar-refractivity contribution in [1.82, 2.24) is 0 Å². The predicted molar refractivity (Wildman–Crippen MR) is 50.8 cm³/mol.